The highest BCUT2D eigenvalue weighted by Gasteiger charge is 2.36. The summed E-state index contributed by atoms with van der Waals surface area (Å²) in [5.41, 5.74) is -0.516. The van der Waals surface area contributed by atoms with Crippen LogP contribution in [0.25, 0.3) is 0 Å². The van der Waals surface area contributed by atoms with Gasteiger partial charge in [0.1, 0.15) is 11.3 Å². The van der Waals surface area contributed by atoms with Crippen molar-refractivity contribution < 1.29 is 13.9 Å². The number of nitrogens with zero attached hydrogens (tertiary/aromatic N) is 1. The molecule has 0 aliphatic carbocycles. The zero-order valence-electron chi connectivity index (χ0n) is 13.8. The van der Waals surface area contributed by atoms with Gasteiger partial charge in [0.25, 0.3) is 0 Å². The van der Waals surface area contributed by atoms with Crippen LogP contribution in [-0.4, -0.2) is 35.4 Å². The molecule has 2 rings (SSSR count). The van der Waals surface area contributed by atoms with E-state index in [0.717, 1.165) is 12.0 Å². The summed E-state index contributed by atoms with van der Waals surface area (Å²) in [6.45, 7) is 6.39. The van der Waals surface area contributed by atoms with E-state index in [-0.39, 0.29) is 6.09 Å². The Bertz CT molecular complexity index is 488. The van der Waals surface area contributed by atoms with E-state index in [1.807, 2.05) is 51.1 Å². The number of likely N-dealkylation sites (tertiary alicyclic amines) is 1. The second-order valence-corrected chi connectivity index (χ2v) is 7.10. The Morgan fingerprint density at radius 3 is 2.36 bits per heavy atom. The SMILES string of the molecule is CC(C)(C)OC(=O)N1CCC(F)(CCc2ccccc2)CC1. The third-order valence-corrected chi connectivity index (χ3v) is 4.02. The van der Waals surface area contributed by atoms with Crippen molar-refractivity contribution in [1.29, 1.82) is 0 Å². The fourth-order valence-corrected chi connectivity index (χ4v) is 2.68. The van der Waals surface area contributed by atoms with Crippen LogP contribution in [0.4, 0.5) is 9.18 Å². The molecule has 0 aromatic heterocycles. The molecule has 1 aromatic carbocycles. The number of hydrogen-bond acceptors (Lipinski definition) is 2. The van der Waals surface area contributed by atoms with Crippen molar-refractivity contribution in [3.05, 3.63) is 35.9 Å². The van der Waals surface area contributed by atoms with Crippen molar-refractivity contribution in [2.75, 3.05) is 13.1 Å². The lowest BCUT2D eigenvalue weighted by Crippen LogP contribution is -2.46. The van der Waals surface area contributed by atoms with Gasteiger partial charge in [0, 0.05) is 13.1 Å². The van der Waals surface area contributed by atoms with Crippen LogP contribution in [0.3, 0.4) is 0 Å². The topological polar surface area (TPSA) is 29.5 Å². The lowest BCUT2D eigenvalue weighted by atomic mass is 9.87. The van der Waals surface area contributed by atoms with E-state index in [1.165, 1.54) is 0 Å². The second-order valence-electron chi connectivity index (χ2n) is 7.10. The van der Waals surface area contributed by atoms with Gasteiger partial charge < -0.3 is 9.64 Å². The normalized spacial score (nSPS) is 18.1. The number of halogens is 1. The van der Waals surface area contributed by atoms with Crippen molar-refractivity contribution >= 4 is 6.09 Å². The summed E-state index contributed by atoms with van der Waals surface area (Å²) < 4.78 is 20.2. The smallest absolute Gasteiger partial charge is 0.410 e. The highest BCUT2D eigenvalue weighted by Crippen LogP contribution is 2.31. The summed E-state index contributed by atoms with van der Waals surface area (Å²) >= 11 is 0. The first kappa shape index (κ1) is 16.8. The average Bonchev–Trinajstić information content (AvgIpc) is 2.45. The van der Waals surface area contributed by atoms with Crippen LogP contribution in [0, 0.1) is 0 Å². The molecule has 0 saturated carbocycles. The molecule has 0 spiro atoms. The molecule has 0 radical (unpaired) electrons. The van der Waals surface area contributed by atoms with Crippen LogP contribution in [0.5, 0.6) is 0 Å². The first-order chi connectivity index (χ1) is 10.3. The Hall–Kier alpha value is -1.58. The van der Waals surface area contributed by atoms with E-state index in [1.54, 1.807) is 4.90 Å². The molecule has 1 saturated heterocycles. The summed E-state index contributed by atoms with van der Waals surface area (Å²) in [6.07, 6.45) is 1.69. The molecule has 122 valence electrons. The van der Waals surface area contributed by atoms with Crippen LogP contribution in [0.1, 0.15) is 45.6 Å². The van der Waals surface area contributed by atoms with Gasteiger partial charge in [-0.1, -0.05) is 30.3 Å². The van der Waals surface area contributed by atoms with Crippen LogP contribution in [-0.2, 0) is 11.2 Å². The van der Waals surface area contributed by atoms with Gasteiger partial charge >= 0.3 is 6.09 Å². The van der Waals surface area contributed by atoms with Crippen molar-refractivity contribution in [2.45, 2.75) is 57.7 Å². The zero-order valence-corrected chi connectivity index (χ0v) is 13.8. The van der Waals surface area contributed by atoms with Crippen LogP contribution in [0.15, 0.2) is 30.3 Å². The molecule has 3 nitrogen and oxygen atoms in total. The maximum atomic E-state index is 14.9. The van der Waals surface area contributed by atoms with Gasteiger partial charge in [-0.2, -0.15) is 0 Å². The Labute approximate surface area is 132 Å². The summed E-state index contributed by atoms with van der Waals surface area (Å²) in [7, 11) is 0. The number of hydrogen-bond donors (Lipinski definition) is 0. The quantitative estimate of drug-likeness (QED) is 0.830. The molecule has 0 bridgehead atoms. The third kappa shape index (κ3) is 5.00. The van der Waals surface area contributed by atoms with Gasteiger partial charge in [0.05, 0.1) is 0 Å². The molecule has 0 atom stereocenters. The summed E-state index contributed by atoms with van der Waals surface area (Å²) in [5, 5.41) is 0. The fraction of sp³-hybridized carbons (Fsp3) is 0.611. The zero-order chi connectivity index (χ0) is 16.2. The van der Waals surface area contributed by atoms with E-state index >= 15 is 0 Å². The van der Waals surface area contributed by atoms with Gasteiger partial charge in [-0.15, -0.1) is 0 Å². The van der Waals surface area contributed by atoms with E-state index in [9.17, 15) is 9.18 Å². The monoisotopic (exact) mass is 307 g/mol. The molecule has 4 heteroatoms. The van der Waals surface area contributed by atoms with Gasteiger partial charge in [-0.25, -0.2) is 9.18 Å². The standard InChI is InChI=1S/C18H26FNO2/c1-17(2,3)22-16(21)20-13-11-18(19,12-14-20)10-9-15-7-5-4-6-8-15/h4-8H,9-14H2,1-3H3. The Morgan fingerprint density at radius 1 is 1.23 bits per heavy atom. The van der Waals surface area contributed by atoms with Crippen LogP contribution < -0.4 is 0 Å². The third-order valence-electron chi connectivity index (χ3n) is 4.02. The molecule has 1 aliphatic heterocycles. The van der Waals surface area contributed by atoms with E-state index in [4.69, 9.17) is 4.74 Å². The van der Waals surface area contributed by atoms with Crippen molar-refractivity contribution in [1.82, 2.24) is 4.90 Å². The maximum Gasteiger partial charge on any atom is 0.410 e. The highest BCUT2D eigenvalue weighted by molar-refractivity contribution is 5.68. The first-order valence-corrected chi connectivity index (χ1v) is 7.98. The predicted molar refractivity (Wildman–Crippen MR) is 85.6 cm³/mol. The number of alkyl halides is 1. The minimum Gasteiger partial charge on any atom is -0.444 e. The van der Waals surface area contributed by atoms with Crippen molar-refractivity contribution in [2.24, 2.45) is 0 Å². The number of carbonyl (C=O) groups is 1. The Kier molecular flexibility index (Phi) is 5.09. The molecular formula is C18H26FNO2. The maximum absolute atomic E-state index is 14.9. The van der Waals surface area contributed by atoms with Gasteiger partial charge in [-0.05, 0) is 52.0 Å². The summed E-state index contributed by atoms with van der Waals surface area (Å²) in [6, 6.07) is 9.98. The molecule has 1 heterocycles. The Balaban J connectivity index is 1.81. The number of amides is 1. The van der Waals surface area contributed by atoms with Crippen molar-refractivity contribution in [3.8, 4) is 0 Å². The molecule has 0 unspecified atom stereocenters. The van der Waals surface area contributed by atoms with E-state index in [0.29, 0.717) is 32.4 Å². The molecule has 1 amide bonds. The molecule has 1 aliphatic rings. The fourth-order valence-electron chi connectivity index (χ4n) is 2.68. The first-order valence-electron chi connectivity index (χ1n) is 7.98. The summed E-state index contributed by atoms with van der Waals surface area (Å²) in [5.74, 6) is 0. The number of carbonyl (C=O) groups excluding carboxylic acids is 1. The van der Waals surface area contributed by atoms with Crippen LogP contribution in [0.2, 0.25) is 0 Å². The van der Waals surface area contributed by atoms with Gasteiger partial charge in [0.2, 0.25) is 0 Å². The summed E-state index contributed by atoms with van der Waals surface area (Å²) in [4.78, 5) is 13.6. The minimum absolute atomic E-state index is 0.336. The van der Waals surface area contributed by atoms with Gasteiger partial charge in [-0.3, -0.25) is 0 Å². The molecule has 1 aromatic rings. The second kappa shape index (κ2) is 6.67. The number of piperidine rings is 1. The van der Waals surface area contributed by atoms with Crippen LogP contribution >= 0.6 is 0 Å². The van der Waals surface area contributed by atoms with Gasteiger partial charge in [0.15, 0.2) is 0 Å². The number of ether oxygens (including phenoxy) is 1. The lowest BCUT2D eigenvalue weighted by Gasteiger charge is -2.37. The van der Waals surface area contributed by atoms with E-state index in [2.05, 4.69) is 0 Å². The molecule has 1 fully saturated rings. The molecule has 0 N–H and O–H groups in total. The number of aryl methyl sites for hydroxylation is 1. The Morgan fingerprint density at radius 2 is 1.82 bits per heavy atom. The number of benzene rings is 1. The minimum atomic E-state index is -1.17. The van der Waals surface area contributed by atoms with Crippen molar-refractivity contribution in [3.63, 3.8) is 0 Å². The van der Waals surface area contributed by atoms with E-state index < -0.39 is 11.3 Å². The lowest BCUT2D eigenvalue weighted by molar-refractivity contribution is 0.00156. The average molecular weight is 307 g/mol. The molecular weight excluding hydrogens is 281 g/mol. The molecule has 22 heavy (non-hydrogen) atoms. The highest BCUT2D eigenvalue weighted by atomic mass is 19.1. The largest absolute Gasteiger partial charge is 0.444 e. The number of rotatable bonds is 3. The predicted octanol–water partition coefficient (Wildman–Crippen LogP) is 4.36.